The summed E-state index contributed by atoms with van der Waals surface area (Å²) in [5, 5.41) is 21.8. The Morgan fingerprint density at radius 1 is 0.589 bits per heavy atom. The molecule has 4 N–H and O–H groups in total. The minimum Gasteiger partial charge on any atom is -0.480 e. The van der Waals surface area contributed by atoms with E-state index in [0.717, 1.165) is 83.5 Å². The van der Waals surface area contributed by atoms with Crippen LogP contribution in [-0.2, 0) is 32.7 Å². The highest BCUT2D eigenvalue weighted by Gasteiger charge is 2.28. The molecule has 0 aliphatic carbocycles. The van der Waals surface area contributed by atoms with Gasteiger partial charge in [-0.05, 0) is 57.8 Å². The summed E-state index contributed by atoms with van der Waals surface area (Å²) < 4.78 is 26.8. The van der Waals surface area contributed by atoms with Crippen molar-refractivity contribution in [3.8, 4) is 0 Å². The summed E-state index contributed by atoms with van der Waals surface area (Å²) in [5.74, 6) is -2.40. The molecule has 3 unspecified atom stereocenters. The minimum absolute atomic E-state index is 0.121. The Labute approximate surface area is 338 Å². The van der Waals surface area contributed by atoms with Crippen molar-refractivity contribution in [3.63, 3.8) is 0 Å². The third-order valence-electron chi connectivity index (χ3n) is 8.82. The summed E-state index contributed by atoms with van der Waals surface area (Å²) >= 11 is 0. The number of amides is 1. The lowest BCUT2D eigenvalue weighted by Gasteiger charge is -2.18. The Balaban J connectivity index is 3.97. The molecular weight excluding hydrogens is 733 g/mol. The molecule has 12 heteroatoms. The van der Waals surface area contributed by atoms with Gasteiger partial charge in [-0.2, -0.15) is 0 Å². The Morgan fingerprint density at radius 3 is 1.55 bits per heavy atom. The van der Waals surface area contributed by atoms with E-state index in [0.29, 0.717) is 12.8 Å². The van der Waals surface area contributed by atoms with Crippen molar-refractivity contribution in [2.24, 2.45) is 0 Å². The molecule has 0 saturated carbocycles. The Hall–Kier alpha value is -2.82. The number of phosphoric ester groups is 1. The first-order valence-corrected chi connectivity index (χ1v) is 22.8. The van der Waals surface area contributed by atoms with E-state index in [1.807, 2.05) is 0 Å². The number of carboxylic acids is 1. The maximum absolute atomic E-state index is 12.3. The first-order valence-electron chi connectivity index (χ1n) is 21.3. The number of hydrogen-bond donors (Lipinski definition) is 4. The lowest BCUT2D eigenvalue weighted by Crippen LogP contribution is -2.43. The number of esters is 1. The van der Waals surface area contributed by atoms with Crippen molar-refractivity contribution in [2.75, 3.05) is 19.8 Å². The molecule has 0 fully saturated rings. The van der Waals surface area contributed by atoms with E-state index >= 15 is 0 Å². The number of aliphatic carboxylic acids is 1. The number of allylic oxidation sites excluding steroid dienone is 10. The van der Waals surface area contributed by atoms with Gasteiger partial charge >= 0.3 is 19.8 Å². The number of ether oxygens (including phenoxy) is 1. The van der Waals surface area contributed by atoms with Crippen molar-refractivity contribution in [3.05, 3.63) is 60.8 Å². The van der Waals surface area contributed by atoms with E-state index in [4.69, 9.17) is 13.8 Å². The number of nitrogens with one attached hydrogen (secondary N) is 1. The molecule has 0 aliphatic heterocycles. The molecular formula is C44H76NO10P. The van der Waals surface area contributed by atoms with Crippen LogP contribution in [0.4, 0.5) is 0 Å². The second-order valence-electron chi connectivity index (χ2n) is 14.2. The Bertz CT molecular complexity index is 1180. The van der Waals surface area contributed by atoms with Gasteiger partial charge in [0.2, 0.25) is 5.91 Å². The van der Waals surface area contributed by atoms with Crippen LogP contribution >= 0.6 is 7.82 Å². The molecule has 0 heterocycles. The monoisotopic (exact) mass is 810 g/mol. The highest BCUT2D eigenvalue weighted by Crippen LogP contribution is 2.43. The lowest BCUT2D eigenvalue weighted by atomic mass is 10.1. The van der Waals surface area contributed by atoms with Gasteiger partial charge in [0.1, 0.15) is 12.7 Å². The Kier molecular flexibility index (Phi) is 37.1. The predicted molar refractivity (Wildman–Crippen MR) is 226 cm³/mol. The van der Waals surface area contributed by atoms with Crippen molar-refractivity contribution in [1.82, 2.24) is 5.32 Å². The number of carbonyl (C=O) groups is 3. The fourth-order valence-corrected chi connectivity index (χ4v) is 6.29. The summed E-state index contributed by atoms with van der Waals surface area (Å²) in [4.78, 5) is 45.8. The second kappa shape index (κ2) is 39.0. The predicted octanol–water partition coefficient (Wildman–Crippen LogP) is 10.8. The maximum Gasteiger partial charge on any atom is 0.472 e. The molecule has 322 valence electrons. The number of carboxylic acid groups (broad SMARTS) is 1. The number of aliphatic hydroxyl groups is 1. The molecule has 56 heavy (non-hydrogen) atoms. The van der Waals surface area contributed by atoms with Crippen LogP contribution in [0.25, 0.3) is 0 Å². The van der Waals surface area contributed by atoms with Gasteiger partial charge in [-0.3, -0.25) is 18.6 Å². The molecule has 1 amide bonds. The van der Waals surface area contributed by atoms with E-state index in [1.54, 1.807) is 0 Å². The molecule has 0 aromatic carbocycles. The first-order chi connectivity index (χ1) is 27.1. The van der Waals surface area contributed by atoms with Gasteiger partial charge in [0.25, 0.3) is 0 Å². The van der Waals surface area contributed by atoms with Gasteiger partial charge in [-0.1, -0.05) is 158 Å². The first kappa shape index (κ1) is 53.2. The van der Waals surface area contributed by atoms with Crippen LogP contribution in [0.5, 0.6) is 0 Å². The van der Waals surface area contributed by atoms with Crippen molar-refractivity contribution >= 4 is 25.7 Å². The van der Waals surface area contributed by atoms with Crippen LogP contribution < -0.4 is 5.32 Å². The zero-order chi connectivity index (χ0) is 41.4. The summed E-state index contributed by atoms with van der Waals surface area (Å²) in [6.45, 7) is 2.44. The fourth-order valence-electron chi connectivity index (χ4n) is 5.52. The van der Waals surface area contributed by atoms with Crippen LogP contribution in [0.3, 0.4) is 0 Å². The van der Waals surface area contributed by atoms with Crippen LogP contribution in [0.1, 0.15) is 168 Å². The van der Waals surface area contributed by atoms with Gasteiger partial charge in [0.05, 0.1) is 13.2 Å². The van der Waals surface area contributed by atoms with Crippen molar-refractivity contribution < 1.29 is 47.8 Å². The maximum atomic E-state index is 12.3. The molecule has 0 saturated heterocycles. The molecule has 0 radical (unpaired) electrons. The average Bonchev–Trinajstić information content (AvgIpc) is 3.17. The molecule has 0 aliphatic rings. The zero-order valence-electron chi connectivity index (χ0n) is 34.7. The molecule has 3 atom stereocenters. The van der Waals surface area contributed by atoms with E-state index in [-0.39, 0.29) is 12.8 Å². The van der Waals surface area contributed by atoms with Gasteiger partial charge in [-0.15, -0.1) is 0 Å². The SMILES string of the molecule is CC/C=C\C/C=C\C/C=C\C/C=C\C/C=C\CCCCCCCC(=O)NC(COP(=O)(O)OCC(O)COC(=O)CCCCCCCCCCCCC)C(=O)O. The van der Waals surface area contributed by atoms with Crippen LogP contribution in [-0.4, -0.2) is 64.9 Å². The van der Waals surface area contributed by atoms with Crippen LogP contribution in [0, 0.1) is 0 Å². The summed E-state index contributed by atoms with van der Waals surface area (Å²) in [5.41, 5.74) is 0. The zero-order valence-corrected chi connectivity index (χ0v) is 35.6. The molecule has 0 bridgehead atoms. The summed E-state index contributed by atoms with van der Waals surface area (Å²) in [6, 6.07) is -1.56. The molecule has 0 rings (SSSR count). The van der Waals surface area contributed by atoms with Gasteiger partial charge in [-0.25, -0.2) is 9.36 Å². The highest BCUT2D eigenvalue weighted by atomic mass is 31.2. The van der Waals surface area contributed by atoms with E-state index in [2.05, 4.69) is 79.9 Å². The number of phosphoric acid groups is 1. The number of carbonyl (C=O) groups excluding carboxylic acids is 2. The largest absolute Gasteiger partial charge is 0.480 e. The lowest BCUT2D eigenvalue weighted by molar-refractivity contribution is -0.147. The van der Waals surface area contributed by atoms with Crippen LogP contribution in [0.15, 0.2) is 60.8 Å². The molecule has 0 aromatic rings. The third kappa shape index (κ3) is 38.1. The highest BCUT2D eigenvalue weighted by molar-refractivity contribution is 7.47. The quantitative estimate of drug-likeness (QED) is 0.0203. The van der Waals surface area contributed by atoms with Crippen LogP contribution in [0.2, 0.25) is 0 Å². The standard InChI is InChI=1S/C44H76NO10P/c1-3-5-7-9-11-13-15-16-17-18-19-20-21-22-23-24-26-27-29-31-33-35-42(47)45-41(44(49)50)39-55-56(51,52)54-38-40(46)37-53-43(48)36-34-32-30-28-25-14-12-10-8-6-4-2/h5,7,11,13,16-17,19-20,22-23,40-41,46H,3-4,6,8-10,12,14-15,18,21,24-39H2,1-2H3,(H,45,47)(H,49,50)(H,51,52)/b7-5-,13-11-,17-16-,20-19-,23-22-. The number of aliphatic hydroxyl groups excluding tert-OH is 1. The topological polar surface area (TPSA) is 169 Å². The number of unbranched alkanes of at least 4 members (excludes halogenated alkanes) is 15. The van der Waals surface area contributed by atoms with Gasteiger partial charge in [0, 0.05) is 12.8 Å². The van der Waals surface area contributed by atoms with Crippen molar-refractivity contribution in [1.29, 1.82) is 0 Å². The van der Waals surface area contributed by atoms with E-state index in [9.17, 15) is 34.1 Å². The van der Waals surface area contributed by atoms with Crippen molar-refractivity contribution in [2.45, 2.75) is 180 Å². The summed E-state index contributed by atoms with van der Waals surface area (Å²) in [7, 11) is -4.76. The number of rotatable bonds is 39. The smallest absolute Gasteiger partial charge is 0.472 e. The normalized spacial score (nSPS) is 14.4. The summed E-state index contributed by atoms with van der Waals surface area (Å²) in [6.07, 6.45) is 43.9. The second-order valence-corrected chi connectivity index (χ2v) is 15.6. The minimum atomic E-state index is -4.76. The molecule has 11 nitrogen and oxygen atoms in total. The van der Waals surface area contributed by atoms with Gasteiger partial charge < -0.3 is 25.2 Å². The fraction of sp³-hybridized carbons (Fsp3) is 0.705. The third-order valence-corrected chi connectivity index (χ3v) is 9.77. The van der Waals surface area contributed by atoms with E-state index < -0.39 is 57.6 Å². The number of hydrogen-bond acceptors (Lipinski definition) is 8. The average molecular weight is 810 g/mol. The molecule has 0 aromatic heterocycles. The molecule has 0 spiro atoms. The van der Waals surface area contributed by atoms with Gasteiger partial charge in [0.15, 0.2) is 6.04 Å². The van der Waals surface area contributed by atoms with E-state index in [1.165, 1.54) is 44.9 Å². The Morgan fingerprint density at radius 2 is 1.04 bits per heavy atom.